The third-order valence-electron chi connectivity index (χ3n) is 3.16. The van der Waals surface area contributed by atoms with Gasteiger partial charge in [-0.1, -0.05) is 6.92 Å². The third kappa shape index (κ3) is 4.78. The van der Waals surface area contributed by atoms with E-state index in [2.05, 4.69) is 12.2 Å². The zero-order chi connectivity index (χ0) is 13.6. The molecule has 1 fully saturated rings. The van der Waals surface area contributed by atoms with Crippen molar-refractivity contribution < 1.29 is 9.90 Å². The van der Waals surface area contributed by atoms with Crippen LogP contribution in [0.1, 0.15) is 33.1 Å². The zero-order valence-corrected chi connectivity index (χ0v) is 12.6. The molecular weight excluding hydrogens is 248 g/mol. The first-order chi connectivity index (χ1) is 8.50. The second-order valence-corrected chi connectivity index (χ2v) is 6.20. The summed E-state index contributed by atoms with van der Waals surface area (Å²) in [5.41, 5.74) is -0.790. The van der Waals surface area contributed by atoms with Gasteiger partial charge in [0, 0.05) is 18.8 Å². The monoisotopic (exact) mass is 274 g/mol. The summed E-state index contributed by atoms with van der Waals surface area (Å²) >= 11 is 1.61. The third-order valence-corrected chi connectivity index (χ3v) is 4.07. The lowest BCUT2D eigenvalue weighted by molar-refractivity contribution is -0.139. The van der Waals surface area contributed by atoms with Gasteiger partial charge < -0.3 is 15.3 Å². The number of nitrogens with one attached hydrogen (secondary N) is 1. The van der Waals surface area contributed by atoms with Crippen molar-refractivity contribution in [3.63, 3.8) is 0 Å². The average molecular weight is 274 g/mol. The van der Waals surface area contributed by atoms with Gasteiger partial charge in [0.25, 0.3) is 0 Å². The normalized spacial score (nSPS) is 24.1. The van der Waals surface area contributed by atoms with Crippen LogP contribution in [0.5, 0.6) is 0 Å². The molecule has 1 heterocycles. The van der Waals surface area contributed by atoms with Gasteiger partial charge in [0.15, 0.2) is 0 Å². The number of carbonyl (C=O) groups excluding carboxylic acids is 1. The fourth-order valence-corrected chi connectivity index (χ4v) is 3.09. The molecule has 1 aliphatic heterocycles. The molecule has 106 valence electrons. The van der Waals surface area contributed by atoms with E-state index in [0.717, 1.165) is 32.4 Å². The summed E-state index contributed by atoms with van der Waals surface area (Å²) in [4.78, 5) is 14.1. The Hall–Kier alpha value is -0.260. The molecular formula is C13H26N2O2S. The summed E-state index contributed by atoms with van der Waals surface area (Å²) in [5.74, 6) is 0.806. The van der Waals surface area contributed by atoms with Crippen LogP contribution >= 0.6 is 11.8 Å². The second-order valence-electron chi connectivity index (χ2n) is 5.34. The van der Waals surface area contributed by atoms with Crippen molar-refractivity contribution >= 4 is 17.7 Å². The highest BCUT2D eigenvalue weighted by atomic mass is 32.2. The van der Waals surface area contributed by atoms with E-state index >= 15 is 0 Å². The zero-order valence-electron chi connectivity index (χ0n) is 11.7. The number of likely N-dealkylation sites (tertiary alicyclic amines) is 1. The Morgan fingerprint density at radius 2 is 2.33 bits per heavy atom. The molecule has 0 aliphatic carbocycles. The maximum Gasteiger partial charge on any atom is 0.239 e. The quantitative estimate of drug-likeness (QED) is 0.730. The van der Waals surface area contributed by atoms with Crippen molar-refractivity contribution in [2.45, 2.75) is 44.8 Å². The minimum absolute atomic E-state index is 0.0521. The summed E-state index contributed by atoms with van der Waals surface area (Å²) in [6.07, 6.45) is 4.94. The first-order valence-corrected chi connectivity index (χ1v) is 8.13. The van der Waals surface area contributed by atoms with Gasteiger partial charge in [-0.15, -0.1) is 0 Å². The van der Waals surface area contributed by atoms with E-state index in [-0.39, 0.29) is 11.9 Å². The summed E-state index contributed by atoms with van der Waals surface area (Å²) in [6.45, 7) is 6.00. The Morgan fingerprint density at radius 3 is 2.94 bits per heavy atom. The smallest absolute Gasteiger partial charge is 0.239 e. The molecule has 1 amide bonds. The number of thioether (sulfide) groups is 1. The number of rotatable bonds is 7. The lowest BCUT2D eigenvalue weighted by atomic mass is 10.0. The van der Waals surface area contributed by atoms with E-state index in [0.29, 0.717) is 12.3 Å². The molecule has 1 aliphatic rings. The number of β-amino-alcohol motifs (C(OH)–C–C–N with tert-alkyl or cyclic N) is 1. The second kappa shape index (κ2) is 7.36. The number of piperidine rings is 1. The first kappa shape index (κ1) is 15.8. The van der Waals surface area contributed by atoms with Crippen molar-refractivity contribution in [1.29, 1.82) is 0 Å². The fourth-order valence-electron chi connectivity index (χ4n) is 2.37. The van der Waals surface area contributed by atoms with Crippen LogP contribution in [0.3, 0.4) is 0 Å². The van der Waals surface area contributed by atoms with Crippen LogP contribution in [-0.4, -0.2) is 59.2 Å². The van der Waals surface area contributed by atoms with Gasteiger partial charge in [-0.2, -0.15) is 11.8 Å². The molecule has 5 heteroatoms. The van der Waals surface area contributed by atoms with Gasteiger partial charge in [0.05, 0.1) is 11.6 Å². The molecule has 4 nitrogen and oxygen atoms in total. The van der Waals surface area contributed by atoms with Gasteiger partial charge in [0.1, 0.15) is 0 Å². The molecule has 0 aromatic heterocycles. The Kier molecular flexibility index (Phi) is 6.46. The van der Waals surface area contributed by atoms with E-state index in [1.54, 1.807) is 18.7 Å². The number of carbonyl (C=O) groups is 1. The van der Waals surface area contributed by atoms with E-state index < -0.39 is 5.60 Å². The maximum absolute atomic E-state index is 12.3. The van der Waals surface area contributed by atoms with E-state index in [1.165, 1.54) is 0 Å². The standard InChI is InChI=1S/C13H26N2O2S/c1-4-7-14-11-6-5-8-15(12(11)16)9-13(2,17)10-18-3/h11,14,17H,4-10H2,1-3H3. The van der Waals surface area contributed by atoms with Crippen LogP contribution < -0.4 is 5.32 Å². The van der Waals surface area contributed by atoms with Crippen LogP contribution in [0.15, 0.2) is 0 Å². The van der Waals surface area contributed by atoms with E-state index in [1.807, 2.05) is 11.2 Å². The molecule has 0 bridgehead atoms. The topological polar surface area (TPSA) is 52.6 Å². The predicted octanol–water partition coefficient (Wildman–Crippen LogP) is 1.09. The van der Waals surface area contributed by atoms with Crippen molar-refractivity contribution in [3.05, 3.63) is 0 Å². The minimum atomic E-state index is -0.790. The van der Waals surface area contributed by atoms with Gasteiger partial charge >= 0.3 is 0 Å². The van der Waals surface area contributed by atoms with Crippen LogP contribution in [-0.2, 0) is 4.79 Å². The van der Waals surface area contributed by atoms with E-state index in [9.17, 15) is 9.90 Å². The lowest BCUT2D eigenvalue weighted by Crippen LogP contribution is -2.55. The first-order valence-electron chi connectivity index (χ1n) is 6.73. The molecule has 2 unspecified atom stereocenters. The predicted molar refractivity (Wildman–Crippen MR) is 76.9 cm³/mol. The summed E-state index contributed by atoms with van der Waals surface area (Å²) in [6, 6.07) is -0.0521. The van der Waals surface area contributed by atoms with Crippen LogP contribution in [0.4, 0.5) is 0 Å². The summed E-state index contributed by atoms with van der Waals surface area (Å²) in [5, 5.41) is 13.5. The van der Waals surface area contributed by atoms with Crippen LogP contribution in [0.2, 0.25) is 0 Å². The van der Waals surface area contributed by atoms with Crippen molar-refractivity contribution in [1.82, 2.24) is 10.2 Å². The molecule has 0 saturated carbocycles. The molecule has 18 heavy (non-hydrogen) atoms. The number of amides is 1. The van der Waals surface area contributed by atoms with Crippen LogP contribution in [0, 0.1) is 0 Å². The molecule has 2 N–H and O–H groups in total. The lowest BCUT2D eigenvalue weighted by Gasteiger charge is -2.37. The number of hydrogen-bond acceptors (Lipinski definition) is 4. The molecule has 0 spiro atoms. The molecule has 0 aromatic carbocycles. The molecule has 1 saturated heterocycles. The number of hydrogen-bond donors (Lipinski definition) is 2. The highest BCUT2D eigenvalue weighted by Gasteiger charge is 2.32. The van der Waals surface area contributed by atoms with Crippen molar-refractivity contribution in [2.75, 3.05) is 31.6 Å². The van der Waals surface area contributed by atoms with Crippen molar-refractivity contribution in [3.8, 4) is 0 Å². The summed E-state index contributed by atoms with van der Waals surface area (Å²) < 4.78 is 0. The molecule has 1 rings (SSSR count). The fraction of sp³-hybridized carbons (Fsp3) is 0.923. The van der Waals surface area contributed by atoms with Gasteiger partial charge in [0.2, 0.25) is 5.91 Å². The highest BCUT2D eigenvalue weighted by Crippen LogP contribution is 2.18. The van der Waals surface area contributed by atoms with Crippen molar-refractivity contribution in [2.24, 2.45) is 0 Å². The Balaban J connectivity index is 2.52. The Morgan fingerprint density at radius 1 is 1.61 bits per heavy atom. The summed E-state index contributed by atoms with van der Waals surface area (Å²) in [7, 11) is 0. The maximum atomic E-state index is 12.3. The van der Waals surface area contributed by atoms with Gasteiger partial charge in [-0.05, 0) is 39.0 Å². The number of aliphatic hydroxyl groups is 1. The van der Waals surface area contributed by atoms with Crippen LogP contribution in [0.25, 0.3) is 0 Å². The average Bonchev–Trinajstić information content (AvgIpc) is 2.30. The molecule has 2 atom stereocenters. The molecule has 0 aromatic rings. The minimum Gasteiger partial charge on any atom is -0.387 e. The molecule has 0 radical (unpaired) electrons. The largest absolute Gasteiger partial charge is 0.387 e. The Bertz CT molecular complexity index is 272. The number of nitrogens with zero attached hydrogens (tertiary/aromatic N) is 1. The SMILES string of the molecule is CCCNC1CCCN(CC(C)(O)CSC)C1=O. The Labute approximate surface area is 115 Å². The van der Waals surface area contributed by atoms with E-state index in [4.69, 9.17) is 0 Å². The van der Waals surface area contributed by atoms with Gasteiger partial charge in [-0.25, -0.2) is 0 Å². The van der Waals surface area contributed by atoms with Gasteiger partial charge in [-0.3, -0.25) is 4.79 Å². The highest BCUT2D eigenvalue weighted by molar-refractivity contribution is 7.98.